The molecule has 0 saturated carbocycles. The number of nitrogens with one attached hydrogen (secondary N) is 1. The van der Waals surface area contributed by atoms with Crippen LogP contribution >= 0.6 is 23.6 Å². The van der Waals surface area contributed by atoms with E-state index in [-0.39, 0.29) is 5.56 Å². The summed E-state index contributed by atoms with van der Waals surface area (Å²) in [7, 11) is 0. The summed E-state index contributed by atoms with van der Waals surface area (Å²) in [6.07, 6.45) is 3.23. The minimum absolute atomic E-state index is 0.0186. The molecular formula is C17H16N2OS2. The molecule has 3 aromatic rings. The van der Waals surface area contributed by atoms with Crippen molar-refractivity contribution in [2.45, 2.75) is 33.1 Å². The average molecular weight is 328 g/mol. The van der Waals surface area contributed by atoms with Crippen molar-refractivity contribution in [3.63, 3.8) is 0 Å². The monoisotopic (exact) mass is 328 g/mol. The van der Waals surface area contributed by atoms with Gasteiger partial charge in [0.25, 0.3) is 5.56 Å². The number of aryl methyl sites for hydroxylation is 4. The van der Waals surface area contributed by atoms with Gasteiger partial charge in [-0.3, -0.25) is 9.36 Å². The van der Waals surface area contributed by atoms with Crippen LogP contribution in [-0.2, 0) is 12.8 Å². The molecule has 1 N–H and O–H groups in total. The lowest BCUT2D eigenvalue weighted by molar-refractivity contribution is 0.908. The molecule has 0 atom stereocenters. The molecule has 0 unspecified atom stereocenters. The van der Waals surface area contributed by atoms with E-state index in [1.807, 2.05) is 19.1 Å². The van der Waals surface area contributed by atoms with Gasteiger partial charge in [-0.25, -0.2) is 0 Å². The molecule has 112 valence electrons. The van der Waals surface area contributed by atoms with Gasteiger partial charge in [-0.1, -0.05) is 17.7 Å². The van der Waals surface area contributed by atoms with Gasteiger partial charge in [-0.15, -0.1) is 11.3 Å². The van der Waals surface area contributed by atoms with Crippen molar-refractivity contribution >= 4 is 33.8 Å². The van der Waals surface area contributed by atoms with Crippen molar-refractivity contribution in [1.29, 1.82) is 0 Å². The molecule has 1 aromatic carbocycles. The van der Waals surface area contributed by atoms with Gasteiger partial charge < -0.3 is 4.98 Å². The molecule has 0 aliphatic heterocycles. The molecular weight excluding hydrogens is 312 g/mol. The Hall–Kier alpha value is -1.72. The average Bonchev–Trinajstić information content (AvgIpc) is 3.00. The first-order chi connectivity index (χ1) is 10.6. The molecule has 0 amide bonds. The van der Waals surface area contributed by atoms with Gasteiger partial charge >= 0.3 is 0 Å². The van der Waals surface area contributed by atoms with Crippen LogP contribution in [0.1, 0.15) is 28.0 Å². The van der Waals surface area contributed by atoms with Crippen molar-refractivity contribution in [2.75, 3.05) is 0 Å². The normalized spacial score (nSPS) is 13.7. The maximum absolute atomic E-state index is 13.1. The summed E-state index contributed by atoms with van der Waals surface area (Å²) in [6.45, 7) is 4.07. The minimum Gasteiger partial charge on any atom is -0.323 e. The first-order valence-electron chi connectivity index (χ1n) is 7.43. The van der Waals surface area contributed by atoms with Gasteiger partial charge in [-0.05, 0) is 62.5 Å². The van der Waals surface area contributed by atoms with E-state index in [2.05, 4.69) is 18.0 Å². The molecule has 2 heterocycles. The zero-order chi connectivity index (χ0) is 15.4. The van der Waals surface area contributed by atoms with Crippen LogP contribution in [0.3, 0.4) is 0 Å². The van der Waals surface area contributed by atoms with E-state index in [0.717, 1.165) is 40.7 Å². The highest BCUT2D eigenvalue weighted by Gasteiger charge is 2.22. The number of hydrogen-bond donors (Lipinski definition) is 1. The molecule has 0 bridgehead atoms. The fourth-order valence-electron chi connectivity index (χ4n) is 3.35. The van der Waals surface area contributed by atoms with Crippen molar-refractivity contribution in [2.24, 2.45) is 0 Å². The Labute approximate surface area is 137 Å². The molecule has 0 spiro atoms. The number of nitrogens with zero attached hydrogens (tertiary/aromatic N) is 1. The number of aromatic amines is 1. The molecule has 22 heavy (non-hydrogen) atoms. The summed E-state index contributed by atoms with van der Waals surface area (Å²) in [4.78, 5) is 18.6. The Morgan fingerprint density at radius 2 is 2.09 bits per heavy atom. The smallest absolute Gasteiger partial charge is 0.267 e. The molecule has 0 saturated heterocycles. The number of fused-ring (bicyclic) bond motifs is 3. The fourth-order valence-corrected chi connectivity index (χ4v) is 4.98. The van der Waals surface area contributed by atoms with Gasteiger partial charge in [0.05, 0.1) is 11.1 Å². The zero-order valence-electron chi connectivity index (χ0n) is 12.5. The highest BCUT2D eigenvalue weighted by Crippen LogP contribution is 2.34. The predicted octanol–water partition coefficient (Wildman–Crippen LogP) is 4.22. The van der Waals surface area contributed by atoms with E-state index in [9.17, 15) is 4.79 Å². The maximum Gasteiger partial charge on any atom is 0.267 e. The zero-order valence-corrected chi connectivity index (χ0v) is 14.2. The largest absolute Gasteiger partial charge is 0.323 e. The van der Waals surface area contributed by atoms with Gasteiger partial charge in [-0.2, -0.15) is 0 Å². The number of rotatable bonds is 1. The van der Waals surface area contributed by atoms with Crippen molar-refractivity contribution in [3.05, 3.63) is 54.9 Å². The van der Waals surface area contributed by atoms with Gasteiger partial charge in [0.1, 0.15) is 4.83 Å². The maximum atomic E-state index is 13.1. The van der Waals surface area contributed by atoms with Gasteiger partial charge in [0.15, 0.2) is 4.77 Å². The second-order valence-electron chi connectivity index (χ2n) is 5.92. The number of thiophene rings is 1. The van der Waals surface area contributed by atoms with Crippen LogP contribution in [0.4, 0.5) is 0 Å². The molecule has 1 aliphatic carbocycles. The highest BCUT2D eigenvalue weighted by atomic mass is 32.1. The molecule has 1 aliphatic rings. The minimum atomic E-state index is 0.0186. The number of aromatic nitrogens is 2. The summed E-state index contributed by atoms with van der Waals surface area (Å²) in [5.74, 6) is 0. The quantitative estimate of drug-likeness (QED) is 0.679. The lowest BCUT2D eigenvalue weighted by Gasteiger charge is -2.10. The highest BCUT2D eigenvalue weighted by molar-refractivity contribution is 7.71. The fraction of sp³-hybridized carbons (Fsp3) is 0.294. The first-order valence-corrected chi connectivity index (χ1v) is 8.66. The van der Waals surface area contributed by atoms with E-state index in [1.165, 1.54) is 16.0 Å². The summed E-state index contributed by atoms with van der Waals surface area (Å²) < 4.78 is 2.13. The number of benzene rings is 1. The summed E-state index contributed by atoms with van der Waals surface area (Å²) in [5.41, 5.74) is 4.37. The molecule has 0 radical (unpaired) electrons. The van der Waals surface area contributed by atoms with Crippen molar-refractivity contribution < 1.29 is 0 Å². The lowest BCUT2D eigenvalue weighted by Crippen LogP contribution is -2.21. The third-order valence-electron chi connectivity index (χ3n) is 4.36. The van der Waals surface area contributed by atoms with Gasteiger partial charge in [0, 0.05) is 4.88 Å². The number of H-pyrrole nitrogens is 1. The molecule has 3 nitrogen and oxygen atoms in total. The van der Waals surface area contributed by atoms with Crippen molar-refractivity contribution in [1.82, 2.24) is 9.55 Å². The van der Waals surface area contributed by atoms with E-state index in [0.29, 0.717) is 4.77 Å². The second-order valence-corrected chi connectivity index (χ2v) is 7.41. The Morgan fingerprint density at radius 1 is 1.27 bits per heavy atom. The van der Waals surface area contributed by atoms with Crippen LogP contribution in [0.15, 0.2) is 23.0 Å². The topological polar surface area (TPSA) is 37.8 Å². The second kappa shape index (κ2) is 4.89. The van der Waals surface area contributed by atoms with Crippen LogP contribution in [0.2, 0.25) is 0 Å². The first kappa shape index (κ1) is 13.9. The van der Waals surface area contributed by atoms with Crippen LogP contribution in [0.25, 0.3) is 15.9 Å². The van der Waals surface area contributed by atoms with Crippen LogP contribution in [0, 0.1) is 18.6 Å². The van der Waals surface area contributed by atoms with E-state index < -0.39 is 0 Å². The predicted molar refractivity (Wildman–Crippen MR) is 94.1 cm³/mol. The summed E-state index contributed by atoms with van der Waals surface area (Å²) in [6, 6.07) is 6.08. The number of hydrogen-bond acceptors (Lipinski definition) is 3. The molecule has 4 rings (SSSR count). The summed E-state index contributed by atoms with van der Waals surface area (Å²) >= 11 is 7.15. The van der Waals surface area contributed by atoms with E-state index in [1.54, 1.807) is 15.9 Å². The Balaban J connectivity index is 2.10. The van der Waals surface area contributed by atoms with Crippen LogP contribution in [0.5, 0.6) is 0 Å². The Kier molecular flexibility index (Phi) is 3.09. The third kappa shape index (κ3) is 1.92. The lowest BCUT2D eigenvalue weighted by atomic mass is 10.1. The molecule has 2 aromatic heterocycles. The van der Waals surface area contributed by atoms with E-state index in [4.69, 9.17) is 12.2 Å². The van der Waals surface area contributed by atoms with E-state index >= 15 is 0 Å². The third-order valence-corrected chi connectivity index (χ3v) is 5.85. The summed E-state index contributed by atoms with van der Waals surface area (Å²) in [5, 5.41) is 0.839. The van der Waals surface area contributed by atoms with Crippen LogP contribution < -0.4 is 5.56 Å². The molecule has 5 heteroatoms. The SMILES string of the molecule is Cc1ccc(-n2c(=S)[nH]c3sc4c(c3c2=O)CCC4)c(C)c1. The standard InChI is InChI=1S/C17H16N2OS2/c1-9-6-7-12(10(2)8-9)19-16(20)14-11-4-3-5-13(11)22-15(14)18-17(19)21/h6-8H,3-5H2,1-2H3,(H,18,21). The Bertz CT molecular complexity index is 1020. The molecule has 0 fully saturated rings. The Morgan fingerprint density at radius 3 is 2.86 bits per heavy atom. The van der Waals surface area contributed by atoms with Gasteiger partial charge in [0.2, 0.25) is 0 Å². The van der Waals surface area contributed by atoms with Crippen LogP contribution in [-0.4, -0.2) is 9.55 Å². The van der Waals surface area contributed by atoms with Crippen molar-refractivity contribution in [3.8, 4) is 5.69 Å².